The van der Waals surface area contributed by atoms with Crippen LogP contribution in [0.3, 0.4) is 0 Å². The lowest BCUT2D eigenvalue weighted by atomic mass is 10.1. The van der Waals surface area contributed by atoms with Crippen molar-refractivity contribution in [2.45, 2.75) is 97.0 Å². The maximum absolute atomic E-state index is 11.9. The van der Waals surface area contributed by atoms with Crippen molar-refractivity contribution in [3.05, 3.63) is 0 Å². The second-order valence-corrected chi connectivity index (χ2v) is 7.96. The maximum atomic E-state index is 11.9. The van der Waals surface area contributed by atoms with Crippen LogP contribution in [0.4, 0.5) is 0 Å². The lowest BCUT2D eigenvalue weighted by Gasteiger charge is -2.18. The van der Waals surface area contributed by atoms with Gasteiger partial charge in [-0.05, 0) is 19.8 Å². The highest BCUT2D eigenvalue weighted by atomic mass is 31.2. The first-order chi connectivity index (χ1) is 12.2. The summed E-state index contributed by atoms with van der Waals surface area (Å²) >= 11 is 0. The van der Waals surface area contributed by atoms with Crippen molar-refractivity contribution in [3.8, 4) is 0 Å². The Bertz CT molecular complexity index is 433. The molecule has 0 aliphatic carbocycles. The van der Waals surface area contributed by atoms with Gasteiger partial charge in [-0.1, -0.05) is 58.3 Å². The van der Waals surface area contributed by atoms with E-state index in [1.54, 1.807) is 0 Å². The molecule has 1 atom stereocenters. The van der Waals surface area contributed by atoms with Gasteiger partial charge in [0.05, 0.1) is 6.61 Å². The molecule has 7 nitrogen and oxygen atoms in total. The number of phosphoric acid groups is 1. The molecule has 0 aromatic carbocycles. The van der Waals surface area contributed by atoms with Crippen LogP contribution in [0.2, 0.25) is 0 Å². The Balaban J connectivity index is 3.93. The minimum Gasteiger partial charge on any atom is -0.460 e. The van der Waals surface area contributed by atoms with E-state index in [1.807, 2.05) is 0 Å². The second kappa shape index (κ2) is 15.3. The fourth-order valence-corrected chi connectivity index (χ4v) is 2.91. The summed E-state index contributed by atoms with van der Waals surface area (Å²) in [5.41, 5.74) is 0. The molecule has 0 saturated heterocycles. The van der Waals surface area contributed by atoms with E-state index >= 15 is 0 Å². The fraction of sp³-hybridized carbons (Fsp3) is 0.889. The van der Waals surface area contributed by atoms with Crippen LogP contribution in [0.15, 0.2) is 0 Å². The van der Waals surface area contributed by atoms with E-state index in [1.165, 1.54) is 45.4 Å². The standard InChI is InChI=1S/C18H35O7P/c1-3-4-5-6-7-8-9-10-11-12-18(20)25-17(14-13-16(2)19)15-24-26(21,22)23/h17H,3-15H2,1-2H3,(H2,21,22,23)/t17-/m0/s1. The van der Waals surface area contributed by atoms with Crippen LogP contribution in [0.25, 0.3) is 0 Å². The minimum atomic E-state index is -4.63. The molecule has 154 valence electrons. The van der Waals surface area contributed by atoms with Gasteiger partial charge >= 0.3 is 13.8 Å². The first-order valence-corrected chi connectivity index (χ1v) is 11.2. The Labute approximate surface area is 157 Å². The number of esters is 1. The molecule has 0 aromatic rings. The van der Waals surface area contributed by atoms with E-state index in [0.29, 0.717) is 0 Å². The highest BCUT2D eigenvalue weighted by Gasteiger charge is 2.21. The lowest BCUT2D eigenvalue weighted by Crippen LogP contribution is -2.24. The molecule has 0 aliphatic heterocycles. The van der Waals surface area contributed by atoms with Gasteiger partial charge < -0.3 is 19.3 Å². The largest absolute Gasteiger partial charge is 0.469 e. The van der Waals surface area contributed by atoms with Crippen LogP contribution in [0, 0.1) is 0 Å². The van der Waals surface area contributed by atoms with Gasteiger partial charge in [0, 0.05) is 12.8 Å². The average Bonchev–Trinajstić information content (AvgIpc) is 2.55. The van der Waals surface area contributed by atoms with Crippen molar-refractivity contribution in [3.63, 3.8) is 0 Å². The number of ketones is 1. The van der Waals surface area contributed by atoms with Crippen LogP contribution in [-0.4, -0.2) is 34.3 Å². The zero-order valence-electron chi connectivity index (χ0n) is 16.2. The van der Waals surface area contributed by atoms with Gasteiger partial charge in [-0.15, -0.1) is 0 Å². The summed E-state index contributed by atoms with van der Waals surface area (Å²) in [5.74, 6) is -0.503. The Morgan fingerprint density at radius 2 is 1.46 bits per heavy atom. The number of carbonyl (C=O) groups is 2. The van der Waals surface area contributed by atoms with Crippen LogP contribution in [0.5, 0.6) is 0 Å². The van der Waals surface area contributed by atoms with Crippen molar-refractivity contribution in [2.24, 2.45) is 0 Å². The Kier molecular flexibility index (Phi) is 14.9. The summed E-state index contributed by atoms with van der Waals surface area (Å²) in [4.78, 5) is 40.4. The number of hydrogen-bond acceptors (Lipinski definition) is 5. The van der Waals surface area contributed by atoms with E-state index < -0.39 is 26.5 Å². The molecule has 0 amide bonds. The maximum Gasteiger partial charge on any atom is 0.469 e. The predicted molar refractivity (Wildman–Crippen MR) is 99.6 cm³/mol. The SMILES string of the molecule is CCCCCCCCCCCC(=O)O[C@@H](CCC(C)=O)COP(=O)(O)O. The molecular formula is C18H35O7P. The number of rotatable bonds is 17. The smallest absolute Gasteiger partial charge is 0.460 e. The van der Waals surface area contributed by atoms with E-state index in [0.717, 1.165) is 19.3 Å². The van der Waals surface area contributed by atoms with Crippen molar-refractivity contribution in [1.82, 2.24) is 0 Å². The molecule has 0 rings (SSSR count). The van der Waals surface area contributed by atoms with Crippen LogP contribution in [-0.2, 0) is 23.4 Å². The molecule has 0 aliphatic rings. The van der Waals surface area contributed by atoms with Gasteiger partial charge in [-0.2, -0.15) is 0 Å². The van der Waals surface area contributed by atoms with Gasteiger partial charge in [0.25, 0.3) is 0 Å². The summed E-state index contributed by atoms with van der Waals surface area (Å²) in [7, 11) is -4.63. The lowest BCUT2D eigenvalue weighted by molar-refractivity contribution is -0.151. The van der Waals surface area contributed by atoms with Crippen molar-refractivity contribution >= 4 is 19.6 Å². The van der Waals surface area contributed by atoms with E-state index in [4.69, 9.17) is 14.5 Å². The summed E-state index contributed by atoms with van der Waals surface area (Å²) < 4.78 is 20.4. The van der Waals surface area contributed by atoms with Gasteiger partial charge in [0.15, 0.2) is 0 Å². The van der Waals surface area contributed by atoms with Gasteiger partial charge in [0.2, 0.25) is 0 Å². The fourth-order valence-electron chi connectivity index (χ4n) is 2.55. The van der Waals surface area contributed by atoms with Crippen LogP contribution >= 0.6 is 7.82 Å². The number of unbranched alkanes of at least 4 members (excludes halogenated alkanes) is 8. The summed E-state index contributed by atoms with van der Waals surface area (Å²) in [6.45, 7) is 3.19. The highest BCUT2D eigenvalue weighted by Crippen LogP contribution is 2.36. The molecule has 0 radical (unpaired) electrons. The number of hydrogen-bond donors (Lipinski definition) is 2. The monoisotopic (exact) mass is 394 g/mol. The third kappa shape index (κ3) is 18.1. The number of ether oxygens (including phenoxy) is 1. The van der Waals surface area contributed by atoms with Gasteiger partial charge in [-0.25, -0.2) is 4.57 Å². The molecule has 8 heteroatoms. The van der Waals surface area contributed by atoms with Crippen molar-refractivity contribution < 1.29 is 33.2 Å². The van der Waals surface area contributed by atoms with E-state index in [-0.39, 0.29) is 25.0 Å². The number of phosphoric ester groups is 1. The number of Topliss-reactive ketones (excluding diaryl/α,β-unsaturated/α-hetero) is 1. The molecule has 2 N–H and O–H groups in total. The molecule has 0 heterocycles. The Morgan fingerprint density at radius 1 is 0.923 bits per heavy atom. The van der Waals surface area contributed by atoms with E-state index in [9.17, 15) is 14.2 Å². The summed E-state index contributed by atoms with van der Waals surface area (Å²) in [5, 5.41) is 0. The number of carbonyl (C=O) groups excluding carboxylic acids is 2. The van der Waals surface area contributed by atoms with Gasteiger partial charge in [-0.3, -0.25) is 9.32 Å². The first-order valence-electron chi connectivity index (χ1n) is 9.63. The second-order valence-electron chi connectivity index (χ2n) is 6.72. The first kappa shape index (κ1) is 25.2. The van der Waals surface area contributed by atoms with E-state index in [2.05, 4.69) is 11.4 Å². The zero-order chi connectivity index (χ0) is 19.8. The van der Waals surface area contributed by atoms with Crippen molar-refractivity contribution in [2.75, 3.05) is 6.61 Å². The molecular weight excluding hydrogens is 359 g/mol. The molecule has 26 heavy (non-hydrogen) atoms. The minimum absolute atomic E-state index is 0.0823. The van der Waals surface area contributed by atoms with Crippen LogP contribution < -0.4 is 0 Å². The molecule has 0 aromatic heterocycles. The molecule has 0 spiro atoms. The molecule has 0 saturated carbocycles. The Morgan fingerprint density at radius 3 is 1.96 bits per heavy atom. The molecule has 0 unspecified atom stereocenters. The quantitative estimate of drug-likeness (QED) is 0.215. The normalized spacial score (nSPS) is 12.8. The highest BCUT2D eigenvalue weighted by molar-refractivity contribution is 7.46. The predicted octanol–water partition coefficient (Wildman–Crippen LogP) is 4.30. The third-order valence-corrected chi connectivity index (χ3v) is 4.51. The topological polar surface area (TPSA) is 110 Å². The zero-order valence-corrected chi connectivity index (χ0v) is 17.0. The molecule has 0 bridgehead atoms. The van der Waals surface area contributed by atoms with Crippen LogP contribution in [0.1, 0.15) is 90.9 Å². The summed E-state index contributed by atoms with van der Waals surface area (Å²) in [6, 6.07) is 0. The molecule has 0 fully saturated rings. The average molecular weight is 394 g/mol. The van der Waals surface area contributed by atoms with Crippen molar-refractivity contribution in [1.29, 1.82) is 0 Å². The third-order valence-electron chi connectivity index (χ3n) is 4.03. The Hall–Kier alpha value is -0.750. The summed E-state index contributed by atoms with van der Waals surface area (Å²) in [6.07, 6.45) is 10.1. The van der Waals surface area contributed by atoms with Gasteiger partial charge in [0.1, 0.15) is 11.9 Å².